The molecule has 0 aliphatic carbocycles. The van der Waals surface area contributed by atoms with Gasteiger partial charge in [0.1, 0.15) is 97.6 Å². The average Bonchev–Trinajstić information content (AvgIpc) is 0.940. The molecule has 0 saturated carbocycles. The first-order valence-corrected chi connectivity index (χ1v) is 44.9. The van der Waals surface area contributed by atoms with Crippen molar-refractivity contribution >= 4 is 104 Å². The van der Waals surface area contributed by atoms with Crippen LogP contribution < -0.4 is 21.3 Å². The standard InChI is InChI=1S/C58H96N4O48S7/c1-9-57(54(65)66)47(104-49-34(38(94-11-3)35(93-10-2)27(99-49)21-96-112(70,71)72)61-32(64)19-13-12-16-20-59-31(63)18-15-14-17-30-33-26(24-111-30)60-56(69)62-33)41(89-5)43(91-7)52(106-57)103-37-29(23-98-114(76,77)78)101-51(46(110-117(85,86)87)40(37)108-115(79,80)81)105-48-42(90-6)44-53(107-58(48,25-95-44)55(67)68)102-36-28(22-97-113(73,74)75)100-50(92-8)45(39(36)88-4)109-116(82,83)84/h26-30,33-53H,9-25H2,1-8H3,(H,59,63)(H,61,64)(H,65,66)(H,67,68)(H2,60,62,69)(H,70,71,72)(H,73,74,75)(H,76,77,78)(H,79,80,81)(H,82,83,84)(H,85,86,87)/t26?,27-,28-,29-,30?,33?,34-,35-,36-,37-,38-,39+,40+,41-,42-,43-,44-,45-,46-,47+,48+,49+,50+,51-,52-,53?,57+,58+/m1/s1. The fourth-order valence-corrected chi connectivity index (χ4v) is 18.7. The van der Waals surface area contributed by atoms with Gasteiger partial charge in [-0.05, 0) is 46.0 Å². The highest BCUT2D eigenvalue weighted by Gasteiger charge is 2.70. The Bertz CT molecular complexity index is 4070. The molecule has 28 atom stereocenters. The topological polar surface area (TPSA) is 712 Å². The van der Waals surface area contributed by atoms with Gasteiger partial charge in [0.05, 0.1) is 38.5 Å². The van der Waals surface area contributed by atoms with Crippen LogP contribution in [0.5, 0.6) is 0 Å². The third-order valence-corrected chi connectivity index (χ3v) is 24.0. The zero-order chi connectivity index (χ0) is 86.7. The van der Waals surface area contributed by atoms with Crippen molar-refractivity contribution in [1.82, 2.24) is 21.3 Å². The zero-order valence-corrected chi connectivity index (χ0v) is 69.0. The van der Waals surface area contributed by atoms with Crippen molar-refractivity contribution in [3.8, 4) is 0 Å². The number of fused-ring (bicyclic) bond motifs is 4. The summed E-state index contributed by atoms with van der Waals surface area (Å²) in [5.41, 5.74) is -6.25. The molecule has 59 heteroatoms. The lowest BCUT2D eigenvalue weighted by atomic mass is 9.83. The molecule has 0 aromatic rings. The van der Waals surface area contributed by atoms with E-state index in [1.807, 2.05) is 0 Å². The van der Waals surface area contributed by atoms with E-state index in [1.165, 1.54) is 13.8 Å². The Morgan fingerprint density at radius 2 is 1.00 bits per heavy atom. The summed E-state index contributed by atoms with van der Waals surface area (Å²) in [6.07, 6.45) is -46.9. The predicted octanol–water partition coefficient (Wildman–Crippen LogP) is -4.70. The summed E-state index contributed by atoms with van der Waals surface area (Å²) in [7, 11) is -30.0. The summed E-state index contributed by atoms with van der Waals surface area (Å²) >= 11 is 1.76. The number of hydrogen-bond donors (Lipinski definition) is 12. The van der Waals surface area contributed by atoms with Gasteiger partial charge in [-0.3, -0.25) is 36.9 Å². The fourth-order valence-electron chi connectivity index (χ4n) is 14.8. The predicted molar refractivity (Wildman–Crippen MR) is 376 cm³/mol. The van der Waals surface area contributed by atoms with E-state index in [9.17, 15) is 112 Å². The monoisotopic (exact) mass is 1840 g/mol. The summed E-state index contributed by atoms with van der Waals surface area (Å²) in [5, 5.41) is 34.3. The quantitative estimate of drug-likeness (QED) is 0.0155. The molecule has 9 aliphatic heterocycles. The van der Waals surface area contributed by atoms with Gasteiger partial charge in [0.15, 0.2) is 49.3 Å². The molecular formula is C58H96N4O48S7. The van der Waals surface area contributed by atoms with Gasteiger partial charge in [-0.15, -0.1) is 0 Å². The summed E-state index contributed by atoms with van der Waals surface area (Å²) < 4.78 is 339. The second-order valence-corrected chi connectivity index (χ2v) is 34.7. The van der Waals surface area contributed by atoms with Crippen molar-refractivity contribution in [3.63, 3.8) is 0 Å². The number of hydrogen-bond acceptors (Lipinski definition) is 41. The molecule has 0 spiro atoms. The summed E-state index contributed by atoms with van der Waals surface area (Å²) in [6, 6.07) is -1.76. The Labute approximate surface area is 675 Å². The molecule has 9 rings (SSSR count). The Morgan fingerprint density at radius 3 is 1.53 bits per heavy atom. The summed E-state index contributed by atoms with van der Waals surface area (Å²) in [4.78, 5) is 67.0. The van der Waals surface area contributed by atoms with E-state index in [0.29, 0.717) is 19.3 Å². The third-order valence-electron chi connectivity index (χ3n) is 19.8. The van der Waals surface area contributed by atoms with Crippen molar-refractivity contribution in [1.29, 1.82) is 0 Å². The van der Waals surface area contributed by atoms with Gasteiger partial charge in [0, 0.05) is 79.2 Å². The zero-order valence-electron chi connectivity index (χ0n) is 63.3. The third kappa shape index (κ3) is 25.9. The maximum Gasteiger partial charge on any atom is 0.397 e. The second kappa shape index (κ2) is 41.7. The van der Waals surface area contributed by atoms with Gasteiger partial charge in [-0.1, -0.05) is 19.8 Å². The minimum absolute atomic E-state index is 0.0226. The van der Waals surface area contributed by atoms with Crippen LogP contribution in [0, 0.1) is 0 Å². The molecule has 0 radical (unpaired) electrons. The molecule has 4 amide bonds. The number of unbranched alkanes of at least 4 members (excludes halogenated alkanes) is 3. The molecule has 9 aliphatic rings. The van der Waals surface area contributed by atoms with Crippen LogP contribution in [-0.2, 0) is 187 Å². The van der Waals surface area contributed by atoms with Crippen LogP contribution in [-0.4, -0.2) is 375 Å². The van der Waals surface area contributed by atoms with Crippen molar-refractivity contribution in [3.05, 3.63) is 0 Å². The lowest BCUT2D eigenvalue weighted by Crippen LogP contribution is -2.78. The number of carbonyl (C=O) groups is 5. The number of nitrogens with one attached hydrogen (secondary N) is 4. The Morgan fingerprint density at radius 1 is 0.496 bits per heavy atom. The molecule has 12 N–H and O–H groups in total. The molecule has 9 heterocycles. The maximum absolute atomic E-state index is 14.3. The Kier molecular flexibility index (Phi) is 35.1. The van der Waals surface area contributed by atoms with Crippen molar-refractivity contribution in [2.75, 3.05) is 87.5 Å². The Balaban J connectivity index is 1.09. The van der Waals surface area contributed by atoms with E-state index in [4.69, 9.17) is 97.3 Å². The smallest absolute Gasteiger partial charge is 0.397 e. The van der Waals surface area contributed by atoms with Crippen LogP contribution >= 0.6 is 11.8 Å². The second-order valence-electron chi connectivity index (χ2n) is 27.0. The highest BCUT2D eigenvalue weighted by molar-refractivity contribution is 8.00. The maximum atomic E-state index is 14.3. The number of carboxylic acids is 2. The van der Waals surface area contributed by atoms with E-state index in [-0.39, 0.29) is 68.3 Å². The van der Waals surface area contributed by atoms with E-state index < -0.39 is 266 Å². The van der Waals surface area contributed by atoms with Gasteiger partial charge < -0.3 is 112 Å². The lowest BCUT2D eigenvalue weighted by molar-refractivity contribution is -0.429. The van der Waals surface area contributed by atoms with Crippen LogP contribution in [0.15, 0.2) is 0 Å². The van der Waals surface area contributed by atoms with Crippen LogP contribution in [0.2, 0.25) is 0 Å². The first kappa shape index (κ1) is 98.5. The molecule has 117 heavy (non-hydrogen) atoms. The number of urea groups is 1. The van der Waals surface area contributed by atoms with Crippen molar-refractivity contribution in [2.45, 2.75) is 248 Å². The largest absolute Gasteiger partial charge is 0.479 e. The number of thioether (sulfide) groups is 1. The molecule has 2 bridgehead atoms. The molecule has 0 aromatic carbocycles. The van der Waals surface area contributed by atoms with Crippen molar-refractivity contribution in [2.24, 2.45) is 0 Å². The normalized spacial score (nSPS) is 36.9. The minimum Gasteiger partial charge on any atom is -0.479 e. The minimum atomic E-state index is -6.22. The van der Waals surface area contributed by atoms with E-state index in [1.54, 1.807) is 11.8 Å². The summed E-state index contributed by atoms with van der Waals surface area (Å²) in [5.74, 6) is -4.32. The highest BCUT2D eigenvalue weighted by Crippen LogP contribution is 2.47. The molecule has 0 aromatic heterocycles. The van der Waals surface area contributed by atoms with Crippen LogP contribution in [0.1, 0.15) is 78.6 Å². The number of rotatable bonds is 47. The average molecular weight is 1840 g/mol. The van der Waals surface area contributed by atoms with Gasteiger partial charge in [-0.2, -0.15) is 62.3 Å². The van der Waals surface area contributed by atoms with Gasteiger partial charge in [0.25, 0.3) is 0 Å². The molecule has 678 valence electrons. The van der Waals surface area contributed by atoms with Gasteiger partial charge in [-0.25, -0.2) is 39.5 Å². The Hall–Kier alpha value is -3.96. The van der Waals surface area contributed by atoms with Crippen molar-refractivity contribution < 1.29 is 218 Å². The van der Waals surface area contributed by atoms with Crippen LogP contribution in [0.25, 0.3) is 0 Å². The fraction of sp³-hybridized carbons (Fsp3) is 0.914. The van der Waals surface area contributed by atoms with Gasteiger partial charge >= 0.3 is 80.4 Å². The number of aliphatic carboxylic acids is 2. The van der Waals surface area contributed by atoms with E-state index in [2.05, 4.69) is 29.6 Å². The highest BCUT2D eigenvalue weighted by atomic mass is 32.3. The molecule has 4 unspecified atom stereocenters. The number of ether oxygens (including phenoxy) is 17. The van der Waals surface area contributed by atoms with Crippen LogP contribution in [0.3, 0.4) is 0 Å². The molecule has 9 saturated heterocycles. The molecule has 9 fully saturated rings. The number of amides is 4. The first-order valence-electron chi connectivity index (χ1n) is 35.7. The number of carbonyl (C=O) groups excluding carboxylic acids is 3. The van der Waals surface area contributed by atoms with E-state index >= 15 is 0 Å². The summed E-state index contributed by atoms with van der Waals surface area (Å²) in [6.45, 7) is -1.26. The SMILES string of the molecule is CCO[C@@H]1[C@@H](NC(=O)CCCCCNC(=O)CCCCC2SCC3NC(=O)NC32)[C@H](O[C@H]2[C@H](OC)[C@@H](OC)[C@H](O[C@H]3[C@H](OS(=O)(=O)O)[C@@H](OS(=O)(=O)O)[C@@H](O[C@H]4[C@H](OC)[C@H]5OC[C@]4(C(=O)O)OC5O[C@H]4[C@H](OC)[C@@H](OS(=O)(=O)O)[C@@H](OC)O[C@@H]4COS(=O)(=O)O)O[C@@H]3COS(=O)(=O)O)O[C@]2(CC)C(=O)O)O[C@H](COS(=O)(=O)O)[C@H]1OCC. The molecule has 52 nitrogen and oxygen atoms in total. The number of methoxy groups -OCH3 is 5. The van der Waals surface area contributed by atoms with Crippen LogP contribution in [0.4, 0.5) is 4.79 Å². The number of carboxylic acid groups (broad SMARTS) is 2. The molecular weight excluding hydrogens is 1750 g/mol. The first-order chi connectivity index (χ1) is 54.7. The van der Waals surface area contributed by atoms with Gasteiger partial charge in [0.2, 0.25) is 17.4 Å². The van der Waals surface area contributed by atoms with E-state index in [0.717, 1.165) is 61.1 Å². The lowest BCUT2D eigenvalue weighted by Gasteiger charge is -2.57.